The average Bonchev–Trinajstić information content (AvgIpc) is 2.27. The van der Waals surface area contributed by atoms with Gasteiger partial charge in [0.1, 0.15) is 0 Å². The van der Waals surface area contributed by atoms with Gasteiger partial charge < -0.3 is 21.1 Å². The molecule has 0 aromatic rings. The highest BCUT2D eigenvalue weighted by Crippen LogP contribution is 2.20. The molecular formula is C13H25N3O3. The van der Waals surface area contributed by atoms with Gasteiger partial charge in [0.15, 0.2) is 0 Å². The zero-order chi connectivity index (χ0) is 14.4. The van der Waals surface area contributed by atoms with Gasteiger partial charge in [-0.1, -0.05) is 13.8 Å². The number of amides is 2. The molecule has 6 heteroatoms. The summed E-state index contributed by atoms with van der Waals surface area (Å²) in [5.74, 6) is -0.217. The maximum atomic E-state index is 11.3. The highest BCUT2D eigenvalue weighted by molar-refractivity contribution is 5.72. The van der Waals surface area contributed by atoms with Gasteiger partial charge in [0.05, 0.1) is 0 Å². The minimum atomic E-state index is -0.822. The summed E-state index contributed by atoms with van der Waals surface area (Å²) >= 11 is 0. The Labute approximate surface area is 114 Å². The lowest BCUT2D eigenvalue weighted by atomic mass is 9.91. The minimum absolute atomic E-state index is 0.0182. The van der Waals surface area contributed by atoms with Crippen LogP contribution in [0, 0.1) is 11.8 Å². The molecule has 1 saturated heterocycles. The number of carbonyl (C=O) groups excluding carboxylic acids is 1. The summed E-state index contributed by atoms with van der Waals surface area (Å²) < 4.78 is 0. The van der Waals surface area contributed by atoms with Crippen LogP contribution >= 0.6 is 0 Å². The van der Waals surface area contributed by atoms with Gasteiger partial charge in [-0.2, -0.15) is 0 Å². The lowest BCUT2D eigenvalue weighted by molar-refractivity contribution is -0.138. The van der Waals surface area contributed by atoms with Crippen LogP contribution in [0.5, 0.6) is 0 Å². The van der Waals surface area contributed by atoms with Gasteiger partial charge >= 0.3 is 12.0 Å². The zero-order valence-corrected chi connectivity index (χ0v) is 11.8. The Balaban J connectivity index is 2.49. The molecule has 0 bridgehead atoms. The molecule has 0 saturated carbocycles. The smallest absolute Gasteiger partial charge is 0.314 e. The Bertz CT molecular complexity index is 320. The molecule has 2 amide bonds. The molecule has 110 valence electrons. The summed E-state index contributed by atoms with van der Waals surface area (Å²) in [6, 6.07) is -0.324. The highest BCUT2D eigenvalue weighted by atomic mass is 16.4. The van der Waals surface area contributed by atoms with Gasteiger partial charge in [-0.3, -0.25) is 4.79 Å². The number of primary amides is 1. The quantitative estimate of drug-likeness (QED) is 0.668. The largest absolute Gasteiger partial charge is 0.481 e. The molecule has 1 fully saturated rings. The molecule has 19 heavy (non-hydrogen) atoms. The minimum Gasteiger partial charge on any atom is -0.481 e. The molecule has 1 aliphatic rings. The van der Waals surface area contributed by atoms with Crippen molar-refractivity contribution in [1.29, 1.82) is 0 Å². The number of nitrogens with zero attached hydrogens (tertiary/aromatic N) is 1. The molecule has 0 spiro atoms. The van der Waals surface area contributed by atoms with E-state index in [-0.39, 0.29) is 18.4 Å². The van der Waals surface area contributed by atoms with Crippen LogP contribution in [0.1, 0.15) is 33.1 Å². The molecule has 2 unspecified atom stereocenters. The summed E-state index contributed by atoms with van der Waals surface area (Å²) in [5, 5.41) is 12.3. The standard InChI is InChI=1S/C13H25N3O3/c1-9(2)3-4-15-11-5-10(6-12(17)18)7-16(8-11)13(14)19/h9-11,15H,3-8H2,1-2H3,(H2,14,19)(H,17,18). The molecule has 0 radical (unpaired) electrons. The Morgan fingerprint density at radius 1 is 1.42 bits per heavy atom. The maximum Gasteiger partial charge on any atom is 0.314 e. The van der Waals surface area contributed by atoms with E-state index in [4.69, 9.17) is 10.8 Å². The number of aliphatic carboxylic acids is 1. The summed E-state index contributed by atoms with van der Waals surface area (Å²) in [4.78, 5) is 23.6. The first-order valence-electron chi connectivity index (χ1n) is 6.88. The van der Waals surface area contributed by atoms with Crippen LogP contribution in [0.15, 0.2) is 0 Å². The van der Waals surface area contributed by atoms with Crippen molar-refractivity contribution in [3.63, 3.8) is 0 Å². The maximum absolute atomic E-state index is 11.3. The lowest BCUT2D eigenvalue weighted by Gasteiger charge is -2.37. The first-order valence-corrected chi connectivity index (χ1v) is 6.88. The van der Waals surface area contributed by atoms with Crippen LogP contribution in [-0.2, 0) is 4.79 Å². The summed E-state index contributed by atoms with van der Waals surface area (Å²) in [5.41, 5.74) is 5.31. The lowest BCUT2D eigenvalue weighted by Crippen LogP contribution is -2.53. The Hall–Kier alpha value is -1.30. The molecule has 1 heterocycles. The van der Waals surface area contributed by atoms with Crippen molar-refractivity contribution >= 4 is 12.0 Å². The number of carbonyl (C=O) groups is 2. The Morgan fingerprint density at radius 3 is 2.63 bits per heavy atom. The van der Waals surface area contributed by atoms with Crippen LogP contribution in [-0.4, -0.2) is 47.7 Å². The van der Waals surface area contributed by atoms with E-state index in [0.29, 0.717) is 19.0 Å². The molecule has 2 atom stereocenters. The second kappa shape index (κ2) is 7.33. The predicted molar refractivity (Wildman–Crippen MR) is 72.8 cm³/mol. The van der Waals surface area contributed by atoms with Crippen molar-refractivity contribution < 1.29 is 14.7 Å². The zero-order valence-electron chi connectivity index (χ0n) is 11.8. The van der Waals surface area contributed by atoms with E-state index in [2.05, 4.69) is 19.2 Å². The van der Waals surface area contributed by atoms with Crippen LogP contribution in [0.3, 0.4) is 0 Å². The van der Waals surface area contributed by atoms with E-state index in [0.717, 1.165) is 19.4 Å². The number of carboxylic acid groups (broad SMARTS) is 1. The molecule has 4 N–H and O–H groups in total. The molecule has 1 aliphatic heterocycles. The van der Waals surface area contributed by atoms with E-state index in [1.807, 2.05) is 0 Å². The van der Waals surface area contributed by atoms with Gasteiger partial charge in [-0.05, 0) is 31.2 Å². The van der Waals surface area contributed by atoms with Crippen LogP contribution in [0.25, 0.3) is 0 Å². The van der Waals surface area contributed by atoms with E-state index in [1.165, 1.54) is 0 Å². The molecule has 0 aromatic heterocycles. The first kappa shape index (κ1) is 15.8. The first-order chi connectivity index (χ1) is 8.88. The van der Waals surface area contributed by atoms with Gasteiger partial charge in [0, 0.05) is 25.6 Å². The summed E-state index contributed by atoms with van der Waals surface area (Å²) in [6.07, 6.45) is 1.94. The molecule has 6 nitrogen and oxygen atoms in total. The number of hydrogen-bond donors (Lipinski definition) is 3. The molecule has 0 aromatic carbocycles. The summed E-state index contributed by atoms with van der Waals surface area (Å²) in [7, 11) is 0. The van der Waals surface area contributed by atoms with Gasteiger partial charge in [0.25, 0.3) is 0 Å². The normalized spacial score (nSPS) is 23.6. The van der Waals surface area contributed by atoms with Crippen LogP contribution < -0.4 is 11.1 Å². The van der Waals surface area contributed by atoms with Crippen molar-refractivity contribution in [2.75, 3.05) is 19.6 Å². The van der Waals surface area contributed by atoms with E-state index < -0.39 is 12.0 Å². The number of carboxylic acids is 1. The van der Waals surface area contributed by atoms with E-state index >= 15 is 0 Å². The Morgan fingerprint density at radius 2 is 2.11 bits per heavy atom. The fraction of sp³-hybridized carbons (Fsp3) is 0.846. The number of urea groups is 1. The Kier molecular flexibility index (Phi) is 6.08. The van der Waals surface area contributed by atoms with Gasteiger partial charge in [0.2, 0.25) is 0 Å². The second-order valence-electron chi connectivity index (χ2n) is 5.78. The van der Waals surface area contributed by atoms with Crippen molar-refractivity contribution in [3.05, 3.63) is 0 Å². The third-order valence-electron chi connectivity index (χ3n) is 3.47. The fourth-order valence-electron chi connectivity index (χ4n) is 2.50. The van der Waals surface area contributed by atoms with E-state index in [9.17, 15) is 9.59 Å². The third-order valence-corrected chi connectivity index (χ3v) is 3.47. The second-order valence-corrected chi connectivity index (χ2v) is 5.78. The van der Waals surface area contributed by atoms with E-state index in [1.54, 1.807) is 4.90 Å². The fourth-order valence-corrected chi connectivity index (χ4v) is 2.50. The molecular weight excluding hydrogens is 246 g/mol. The molecule has 1 rings (SSSR count). The number of hydrogen-bond acceptors (Lipinski definition) is 3. The third kappa shape index (κ3) is 5.92. The van der Waals surface area contributed by atoms with Gasteiger partial charge in [-0.15, -0.1) is 0 Å². The monoisotopic (exact) mass is 271 g/mol. The number of likely N-dealkylation sites (tertiary alicyclic amines) is 1. The number of nitrogens with two attached hydrogens (primary N) is 1. The SMILES string of the molecule is CC(C)CCNC1CC(CC(=O)O)CN(C(N)=O)C1. The van der Waals surface area contributed by atoms with Crippen LogP contribution in [0.2, 0.25) is 0 Å². The average molecular weight is 271 g/mol. The topological polar surface area (TPSA) is 95.7 Å². The predicted octanol–water partition coefficient (Wildman–Crippen LogP) is 0.866. The number of piperidine rings is 1. The summed E-state index contributed by atoms with van der Waals surface area (Å²) in [6.45, 7) is 6.22. The number of rotatable bonds is 6. The van der Waals surface area contributed by atoms with Crippen LogP contribution in [0.4, 0.5) is 4.79 Å². The van der Waals surface area contributed by atoms with Crippen molar-refractivity contribution in [3.8, 4) is 0 Å². The van der Waals surface area contributed by atoms with Crippen molar-refractivity contribution in [2.24, 2.45) is 17.6 Å². The van der Waals surface area contributed by atoms with Crippen molar-refractivity contribution in [1.82, 2.24) is 10.2 Å². The van der Waals surface area contributed by atoms with Gasteiger partial charge in [-0.25, -0.2) is 4.79 Å². The van der Waals surface area contributed by atoms with Crippen molar-refractivity contribution in [2.45, 2.75) is 39.2 Å². The number of nitrogens with one attached hydrogen (secondary N) is 1. The highest BCUT2D eigenvalue weighted by Gasteiger charge is 2.29. The molecule has 0 aliphatic carbocycles.